The maximum atomic E-state index is 3.98. The molecule has 1 rings (SSSR count). The first-order valence-corrected chi connectivity index (χ1v) is 4.11. The predicted molar refractivity (Wildman–Crippen MR) is 45.1 cm³/mol. The van der Waals surface area contributed by atoms with Gasteiger partial charge in [0, 0.05) is 19.1 Å². The minimum Gasteiger partial charge on any atom is -0.300 e. The highest BCUT2D eigenvalue weighted by Gasteiger charge is 2.13. The quantitative estimate of drug-likeness (QED) is 0.502. The van der Waals surface area contributed by atoms with E-state index in [2.05, 4.69) is 25.3 Å². The second kappa shape index (κ2) is 3.20. The molecule has 0 aromatic heterocycles. The molecule has 10 heavy (non-hydrogen) atoms. The van der Waals surface area contributed by atoms with Gasteiger partial charge in [0.2, 0.25) is 0 Å². The van der Waals surface area contributed by atoms with Crippen LogP contribution in [0.1, 0.15) is 26.7 Å². The van der Waals surface area contributed by atoms with E-state index in [0.29, 0.717) is 6.04 Å². The Hall–Kier alpha value is -0.300. The van der Waals surface area contributed by atoms with Gasteiger partial charge < -0.3 is 4.90 Å². The molecule has 0 amide bonds. The summed E-state index contributed by atoms with van der Waals surface area (Å²) in [5.74, 6) is 0. The molecule has 1 fully saturated rings. The lowest BCUT2D eigenvalue weighted by Crippen LogP contribution is -2.36. The highest BCUT2D eigenvalue weighted by Crippen LogP contribution is 2.15. The van der Waals surface area contributed by atoms with E-state index in [0.717, 1.165) is 0 Å². The highest BCUT2D eigenvalue weighted by atomic mass is 15.1. The molecule has 0 saturated carbocycles. The van der Waals surface area contributed by atoms with E-state index >= 15 is 0 Å². The average molecular weight is 139 g/mol. The molecule has 58 valence electrons. The van der Waals surface area contributed by atoms with Gasteiger partial charge in [-0.25, -0.2) is 0 Å². The van der Waals surface area contributed by atoms with Crippen LogP contribution in [0.5, 0.6) is 0 Å². The van der Waals surface area contributed by atoms with Gasteiger partial charge in [-0.3, -0.25) is 0 Å². The Balaban J connectivity index is 2.33. The molecule has 1 aliphatic rings. The second-order valence-electron chi connectivity index (χ2n) is 3.38. The van der Waals surface area contributed by atoms with E-state index < -0.39 is 0 Å². The van der Waals surface area contributed by atoms with Crippen LogP contribution in [-0.2, 0) is 0 Å². The molecular weight excluding hydrogens is 122 g/mol. The number of nitrogens with zero attached hydrogens (tertiary/aromatic N) is 1. The third kappa shape index (κ3) is 1.84. The Kier molecular flexibility index (Phi) is 2.50. The fourth-order valence-electron chi connectivity index (χ4n) is 1.36. The Morgan fingerprint density at radius 3 is 2.20 bits per heavy atom. The van der Waals surface area contributed by atoms with Crippen molar-refractivity contribution in [1.29, 1.82) is 0 Å². The largest absolute Gasteiger partial charge is 0.300 e. The van der Waals surface area contributed by atoms with Gasteiger partial charge in [-0.15, -0.1) is 0 Å². The summed E-state index contributed by atoms with van der Waals surface area (Å²) >= 11 is 0. The zero-order valence-corrected chi connectivity index (χ0v) is 7.06. The maximum Gasteiger partial charge on any atom is 0.00388 e. The van der Waals surface area contributed by atoms with Gasteiger partial charge in [-0.2, -0.15) is 0 Å². The first kappa shape index (κ1) is 7.80. The van der Waals surface area contributed by atoms with Gasteiger partial charge in [0.05, 0.1) is 0 Å². The monoisotopic (exact) mass is 139 g/mol. The van der Waals surface area contributed by atoms with Crippen LogP contribution in [-0.4, -0.2) is 24.0 Å². The summed E-state index contributed by atoms with van der Waals surface area (Å²) in [6.45, 7) is 10.9. The van der Waals surface area contributed by atoms with Crippen LogP contribution < -0.4 is 0 Å². The summed E-state index contributed by atoms with van der Waals surface area (Å²) in [6, 6.07) is 0.716. The third-order valence-corrected chi connectivity index (χ3v) is 2.24. The Morgan fingerprint density at radius 2 is 1.80 bits per heavy atom. The molecule has 0 atom stereocenters. The van der Waals surface area contributed by atoms with Gasteiger partial charge >= 0.3 is 0 Å². The summed E-state index contributed by atoms with van der Waals surface area (Å²) in [6.07, 6.45) is 2.41. The van der Waals surface area contributed by atoms with Crippen molar-refractivity contribution < 1.29 is 0 Å². The lowest BCUT2D eigenvalue weighted by atomic mass is 10.1. The summed E-state index contributed by atoms with van der Waals surface area (Å²) in [7, 11) is 0. The smallest absolute Gasteiger partial charge is 0.00388 e. The van der Waals surface area contributed by atoms with Gasteiger partial charge in [-0.1, -0.05) is 12.2 Å². The van der Waals surface area contributed by atoms with Crippen molar-refractivity contribution in [3.63, 3.8) is 0 Å². The number of likely N-dealkylation sites (tertiary alicyclic amines) is 1. The van der Waals surface area contributed by atoms with Crippen molar-refractivity contribution in [3.8, 4) is 0 Å². The van der Waals surface area contributed by atoms with Crippen LogP contribution in [0.4, 0.5) is 0 Å². The second-order valence-corrected chi connectivity index (χ2v) is 3.38. The summed E-state index contributed by atoms with van der Waals surface area (Å²) in [5.41, 5.74) is 1.43. The van der Waals surface area contributed by atoms with Crippen molar-refractivity contribution in [3.05, 3.63) is 12.2 Å². The molecule has 1 saturated heterocycles. The number of hydrogen-bond acceptors (Lipinski definition) is 1. The molecule has 0 bridgehead atoms. The summed E-state index contributed by atoms with van der Waals surface area (Å²) in [4.78, 5) is 2.51. The van der Waals surface area contributed by atoms with E-state index in [9.17, 15) is 0 Å². The molecular formula is C9H17N. The number of rotatable bonds is 1. The van der Waals surface area contributed by atoms with Crippen LogP contribution >= 0.6 is 0 Å². The molecule has 0 aromatic rings. The lowest BCUT2D eigenvalue weighted by Gasteiger charge is -2.31. The third-order valence-electron chi connectivity index (χ3n) is 2.24. The van der Waals surface area contributed by atoms with E-state index in [4.69, 9.17) is 0 Å². The SMILES string of the molecule is C=C1CCN(C(C)C)CC1. The average Bonchev–Trinajstić information content (AvgIpc) is 1.88. The molecule has 1 heteroatoms. The molecule has 1 heterocycles. The standard InChI is InChI=1S/C9H17N/c1-8(2)10-6-4-9(3)5-7-10/h8H,3-7H2,1-2H3. The Morgan fingerprint density at radius 1 is 1.30 bits per heavy atom. The first-order valence-electron chi connectivity index (χ1n) is 4.11. The molecule has 0 N–H and O–H groups in total. The zero-order valence-electron chi connectivity index (χ0n) is 7.06. The van der Waals surface area contributed by atoms with Crippen molar-refractivity contribution in [1.82, 2.24) is 4.90 Å². The first-order chi connectivity index (χ1) is 4.70. The fourth-order valence-corrected chi connectivity index (χ4v) is 1.36. The van der Waals surface area contributed by atoms with E-state index in [1.165, 1.54) is 31.5 Å². The fraction of sp³-hybridized carbons (Fsp3) is 0.778. The zero-order chi connectivity index (χ0) is 7.56. The molecule has 0 radical (unpaired) electrons. The molecule has 1 nitrogen and oxygen atoms in total. The maximum absolute atomic E-state index is 3.98. The van der Waals surface area contributed by atoms with Crippen LogP contribution in [0.15, 0.2) is 12.2 Å². The topological polar surface area (TPSA) is 3.24 Å². The Bertz CT molecular complexity index is 117. The van der Waals surface area contributed by atoms with E-state index in [1.54, 1.807) is 0 Å². The van der Waals surface area contributed by atoms with Gasteiger partial charge in [0.25, 0.3) is 0 Å². The number of piperidine rings is 1. The van der Waals surface area contributed by atoms with Gasteiger partial charge in [0.15, 0.2) is 0 Å². The molecule has 0 aliphatic carbocycles. The minimum absolute atomic E-state index is 0.716. The predicted octanol–water partition coefficient (Wildman–Crippen LogP) is 2.05. The normalized spacial score (nSPS) is 22.1. The lowest BCUT2D eigenvalue weighted by molar-refractivity contribution is 0.207. The Labute approximate surface area is 63.7 Å². The van der Waals surface area contributed by atoms with Gasteiger partial charge in [-0.05, 0) is 26.7 Å². The van der Waals surface area contributed by atoms with Crippen molar-refractivity contribution in [2.24, 2.45) is 0 Å². The van der Waals surface area contributed by atoms with Crippen LogP contribution in [0.3, 0.4) is 0 Å². The van der Waals surface area contributed by atoms with Crippen LogP contribution in [0, 0.1) is 0 Å². The van der Waals surface area contributed by atoms with Crippen molar-refractivity contribution in [2.75, 3.05) is 13.1 Å². The highest BCUT2D eigenvalue weighted by molar-refractivity contribution is 4.99. The minimum atomic E-state index is 0.716. The molecule has 1 aliphatic heterocycles. The van der Waals surface area contributed by atoms with E-state index in [-0.39, 0.29) is 0 Å². The summed E-state index contributed by atoms with van der Waals surface area (Å²) < 4.78 is 0. The number of hydrogen-bond donors (Lipinski definition) is 0. The van der Waals surface area contributed by atoms with E-state index in [1.807, 2.05) is 0 Å². The molecule has 0 spiro atoms. The van der Waals surface area contributed by atoms with Crippen molar-refractivity contribution >= 4 is 0 Å². The summed E-state index contributed by atoms with van der Waals surface area (Å²) in [5, 5.41) is 0. The van der Waals surface area contributed by atoms with Crippen molar-refractivity contribution in [2.45, 2.75) is 32.7 Å². The van der Waals surface area contributed by atoms with Crippen LogP contribution in [0.2, 0.25) is 0 Å². The molecule has 0 aromatic carbocycles. The van der Waals surface area contributed by atoms with Gasteiger partial charge in [0.1, 0.15) is 0 Å². The van der Waals surface area contributed by atoms with Crippen LogP contribution in [0.25, 0.3) is 0 Å². The molecule has 0 unspecified atom stereocenters.